The summed E-state index contributed by atoms with van der Waals surface area (Å²) >= 11 is 1.81. The highest BCUT2D eigenvalue weighted by molar-refractivity contribution is 7.19. The van der Waals surface area contributed by atoms with Gasteiger partial charge in [-0.25, -0.2) is 9.97 Å². The highest BCUT2D eigenvalue weighted by Gasteiger charge is 2.24. The molecule has 0 bridgehead atoms. The number of nitrogens with zero attached hydrogens (tertiary/aromatic N) is 6. The van der Waals surface area contributed by atoms with Crippen LogP contribution in [-0.2, 0) is 19.4 Å². The van der Waals surface area contributed by atoms with Crippen LogP contribution in [0.2, 0.25) is 0 Å². The second kappa shape index (κ2) is 6.66. The molecule has 0 aliphatic heterocycles. The first-order valence-electron chi connectivity index (χ1n) is 8.98. The molecule has 6 nitrogen and oxygen atoms in total. The monoisotopic (exact) mass is 374 g/mol. The van der Waals surface area contributed by atoms with E-state index in [1.54, 1.807) is 36.1 Å². The SMILES string of the molecule is CN(Cc1cnccn1)c1nc(-c2cccnc2)nc2sc3c(c12)CCC3. The Morgan fingerprint density at radius 2 is 2.00 bits per heavy atom. The number of hydrogen-bond donors (Lipinski definition) is 0. The van der Waals surface area contributed by atoms with Gasteiger partial charge in [0.1, 0.15) is 10.6 Å². The normalized spacial score (nSPS) is 13.1. The van der Waals surface area contributed by atoms with Crippen LogP contribution in [0.3, 0.4) is 0 Å². The van der Waals surface area contributed by atoms with Gasteiger partial charge in [-0.05, 0) is 37.0 Å². The van der Waals surface area contributed by atoms with E-state index in [2.05, 4.69) is 26.9 Å². The summed E-state index contributed by atoms with van der Waals surface area (Å²) in [6.07, 6.45) is 12.3. The molecule has 0 spiro atoms. The van der Waals surface area contributed by atoms with Crippen LogP contribution < -0.4 is 4.90 Å². The lowest BCUT2D eigenvalue weighted by molar-refractivity contribution is 0.858. The highest BCUT2D eigenvalue weighted by Crippen LogP contribution is 2.41. The van der Waals surface area contributed by atoms with Gasteiger partial charge in [-0.15, -0.1) is 11.3 Å². The Labute approximate surface area is 161 Å². The van der Waals surface area contributed by atoms with Gasteiger partial charge in [-0.3, -0.25) is 15.0 Å². The fraction of sp³-hybridized carbons (Fsp3) is 0.250. The van der Waals surface area contributed by atoms with Crippen LogP contribution in [0.5, 0.6) is 0 Å². The molecule has 0 atom stereocenters. The summed E-state index contributed by atoms with van der Waals surface area (Å²) in [6.45, 7) is 0.650. The summed E-state index contributed by atoms with van der Waals surface area (Å²) in [5.41, 5.74) is 3.28. The van der Waals surface area contributed by atoms with E-state index in [1.165, 1.54) is 22.2 Å². The lowest BCUT2D eigenvalue weighted by atomic mass is 10.1. The molecule has 4 heterocycles. The molecule has 134 valence electrons. The maximum absolute atomic E-state index is 4.95. The number of fused-ring (bicyclic) bond motifs is 3. The molecular weight excluding hydrogens is 356 g/mol. The molecule has 5 rings (SSSR count). The third-order valence-corrected chi connectivity index (χ3v) is 6.03. The zero-order valence-electron chi connectivity index (χ0n) is 15.0. The van der Waals surface area contributed by atoms with Gasteiger partial charge in [-0.1, -0.05) is 0 Å². The van der Waals surface area contributed by atoms with Crippen molar-refractivity contribution in [2.45, 2.75) is 25.8 Å². The van der Waals surface area contributed by atoms with E-state index < -0.39 is 0 Å². The summed E-state index contributed by atoms with van der Waals surface area (Å²) < 4.78 is 0. The highest BCUT2D eigenvalue weighted by atomic mass is 32.1. The molecule has 1 aliphatic carbocycles. The second-order valence-electron chi connectivity index (χ2n) is 6.70. The van der Waals surface area contributed by atoms with E-state index in [0.717, 1.165) is 40.6 Å². The molecule has 27 heavy (non-hydrogen) atoms. The molecule has 0 radical (unpaired) electrons. The summed E-state index contributed by atoms with van der Waals surface area (Å²) in [5.74, 6) is 1.68. The van der Waals surface area contributed by atoms with Gasteiger partial charge in [0, 0.05) is 42.3 Å². The topological polar surface area (TPSA) is 67.7 Å². The van der Waals surface area contributed by atoms with Crippen molar-refractivity contribution in [3.8, 4) is 11.4 Å². The molecule has 0 N–H and O–H groups in total. The lowest BCUT2D eigenvalue weighted by Crippen LogP contribution is -2.19. The van der Waals surface area contributed by atoms with Crippen LogP contribution >= 0.6 is 11.3 Å². The zero-order chi connectivity index (χ0) is 18.2. The number of hydrogen-bond acceptors (Lipinski definition) is 7. The minimum absolute atomic E-state index is 0.650. The van der Waals surface area contributed by atoms with Crippen LogP contribution in [0.25, 0.3) is 21.6 Å². The van der Waals surface area contributed by atoms with Crippen LogP contribution in [0, 0.1) is 0 Å². The van der Waals surface area contributed by atoms with E-state index in [0.29, 0.717) is 6.54 Å². The molecule has 1 aliphatic rings. The summed E-state index contributed by atoms with van der Waals surface area (Å²) in [5, 5.41) is 1.20. The minimum atomic E-state index is 0.650. The van der Waals surface area contributed by atoms with Gasteiger partial charge in [-0.2, -0.15) is 0 Å². The summed E-state index contributed by atoms with van der Waals surface area (Å²) in [6, 6.07) is 3.92. The third-order valence-electron chi connectivity index (χ3n) is 4.84. The average Bonchev–Trinajstić information content (AvgIpc) is 3.29. The summed E-state index contributed by atoms with van der Waals surface area (Å²) in [4.78, 5) is 27.3. The molecule has 0 saturated heterocycles. The van der Waals surface area contributed by atoms with Gasteiger partial charge in [0.2, 0.25) is 0 Å². The molecule has 0 aromatic carbocycles. The first kappa shape index (κ1) is 16.3. The van der Waals surface area contributed by atoms with Gasteiger partial charge in [0.05, 0.1) is 23.8 Å². The fourth-order valence-corrected chi connectivity index (χ4v) is 4.86. The van der Waals surface area contributed by atoms with Crippen molar-refractivity contribution in [3.05, 3.63) is 59.3 Å². The Balaban J connectivity index is 1.66. The van der Waals surface area contributed by atoms with Crippen LogP contribution in [0.4, 0.5) is 5.82 Å². The maximum Gasteiger partial charge on any atom is 0.164 e. The van der Waals surface area contributed by atoms with Gasteiger partial charge in [0.15, 0.2) is 5.82 Å². The Kier molecular flexibility index (Phi) is 4.01. The summed E-state index contributed by atoms with van der Waals surface area (Å²) in [7, 11) is 2.06. The van der Waals surface area contributed by atoms with Crippen LogP contribution in [0.15, 0.2) is 43.1 Å². The molecule has 7 heteroatoms. The number of pyridine rings is 1. The van der Waals surface area contributed by atoms with Crippen molar-refractivity contribution in [1.29, 1.82) is 0 Å². The number of anilines is 1. The van der Waals surface area contributed by atoms with Crippen molar-refractivity contribution in [2.75, 3.05) is 11.9 Å². The first-order chi connectivity index (χ1) is 13.3. The van der Waals surface area contributed by atoms with Crippen LogP contribution in [-0.4, -0.2) is 32.0 Å². The number of rotatable bonds is 4. The van der Waals surface area contributed by atoms with Gasteiger partial charge >= 0.3 is 0 Å². The smallest absolute Gasteiger partial charge is 0.164 e. The quantitative estimate of drug-likeness (QED) is 0.543. The van der Waals surface area contributed by atoms with E-state index in [1.807, 2.05) is 18.3 Å². The minimum Gasteiger partial charge on any atom is -0.353 e. The second-order valence-corrected chi connectivity index (χ2v) is 7.79. The van der Waals surface area contributed by atoms with Gasteiger partial charge in [0.25, 0.3) is 0 Å². The van der Waals surface area contributed by atoms with E-state index in [4.69, 9.17) is 9.97 Å². The Morgan fingerprint density at radius 1 is 1.07 bits per heavy atom. The molecule has 0 saturated carbocycles. The third kappa shape index (κ3) is 2.94. The van der Waals surface area contributed by atoms with E-state index >= 15 is 0 Å². The molecule has 4 aromatic rings. The predicted molar refractivity (Wildman–Crippen MR) is 107 cm³/mol. The number of thiophene rings is 1. The van der Waals surface area contributed by atoms with Crippen molar-refractivity contribution in [3.63, 3.8) is 0 Å². The zero-order valence-corrected chi connectivity index (χ0v) is 15.8. The predicted octanol–water partition coefficient (Wildman–Crippen LogP) is 3.67. The van der Waals surface area contributed by atoms with Crippen molar-refractivity contribution in [1.82, 2.24) is 24.9 Å². The number of aromatic nitrogens is 5. The Bertz CT molecular complexity index is 1090. The van der Waals surface area contributed by atoms with E-state index in [-0.39, 0.29) is 0 Å². The molecular formula is C20H18N6S. The maximum atomic E-state index is 4.95. The van der Waals surface area contributed by atoms with Crippen molar-refractivity contribution >= 4 is 27.4 Å². The van der Waals surface area contributed by atoms with Crippen molar-refractivity contribution in [2.24, 2.45) is 0 Å². The standard InChI is InChI=1S/C20H18N6S/c1-26(12-14-11-22-8-9-23-14)19-17-15-5-2-6-16(15)27-20(17)25-18(24-19)13-4-3-7-21-10-13/h3-4,7-11H,2,5-6,12H2,1H3. The molecule has 0 fully saturated rings. The fourth-order valence-electron chi connectivity index (χ4n) is 3.61. The lowest BCUT2D eigenvalue weighted by Gasteiger charge is -2.20. The largest absolute Gasteiger partial charge is 0.353 e. The number of aryl methyl sites for hydroxylation is 2. The first-order valence-corrected chi connectivity index (χ1v) is 9.80. The van der Waals surface area contributed by atoms with Crippen LogP contribution in [0.1, 0.15) is 22.6 Å². The van der Waals surface area contributed by atoms with Crippen molar-refractivity contribution < 1.29 is 0 Å². The van der Waals surface area contributed by atoms with E-state index in [9.17, 15) is 0 Å². The average molecular weight is 374 g/mol. The molecule has 0 amide bonds. The molecule has 4 aromatic heterocycles. The van der Waals surface area contributed by atoms with Gasteiger partial charge < -0.3 is 4.90 Å². The Hall–Kier alpha value is -2.93. The Morgan fingerprint density at radius 3 is 2.81 bits per heavy atom. The molecule has 0 unspecified atom stereocenters.